The first-order valence-electron chi connectivity index (χ1n) is 12.6. The smallest absolute Gasteiger partial charge is 0.211 e. The molecule has 22 heavy (non-hydrogen) atoms. The van der Waals surface area contributed by atoms with Gasteiger partial charge in [-0.05, 0) is 37.9 Å². The first kappa shape index (κ1) is 6.17. The van der Waals surface area contributed by atoms with E-state index in [0.717, 1.165) is 4.90 Å². The van der Waals surface area contributed by atoms with Gasteiger partial charge in [0.25, 0.3) is 0 Å². The molecule has 5 rings (SSSR count). The number of methoxy groups -OCH3 is 1. The van der Waals surface area contributed by atoms with Gasteiger partial charge in [-0.3, -0.25) is 0 Å². The predicted octanol–water partition coefficient (Wildman–Crippen LogP) is 1.50. The van der Waals surface area contributed by atoms with Crippen LogP contribution in [0.2, 0.25) is 0 Å². The lowest BCUT2D eigenvalue weighted by molar-refractivity contribution is -0.0453. The second-order valence-corrected chi connectivity index (χ2v) is 6.04. The summed E-state index contributed by atoms with van der Waals surface area (Å²) in [5.74, 6) is -2.44. The van der Waals surface area contributed by atoms with Crippen molar-refractivity contribution in [2.45, 2.75) is 36.4 Å². The topological polar surface area (TPSA) is 41.9 Å². The number of rotatable bonds is 2. The van der Waals surface area contributed by atoms with Gasteiger partial charge in [0.2, 0.25) is 1.43 Å². The molecular weight excluding hydrogens is 278 g/mol. The number of benzene rings is 1. The number of hydrogen-bond donors (Lipinski definition) is 1. The van der Waals surface area contributed by atoms with E-state index in [1.807, 2.05) is 0 Å². The van der Waals surface area contributed by atoms with E-state index < -0.39 is 49.9 Å². The van der Waals surface area contributed by atoms with E-state index in [2.05, 4.69) is 0 Å². The average Bonchev–Trinajstić information content (AvgIpc) is 3.02. The summed E-state index contributed by atoms with van der Waals surface area (Å²) >= 11 is 0. The van der Waals surface area contributed by atoms with Crippen molar-refractivity contribution >= 4 is 0 Å². The van der Waals surface area contributed by atoms with Crippen LogP contribution < -0.4 is 9.47 Å². The molecule has 4 aliphatic rings. The Morgan fingerprint density at radius 2 is 2.59 bits per heavy atom. The molecule has 116 valence electrons. The van der Waals surface area contributed by atoms with Crippen LogP contribution in [0.3, 0.4) is 0 Å². The zero-order valence-corrected chi connectivity index (χ0v) is 11.6. The van der Waals surface area contributed by atoms with Gasteiger partial charge >= 0.3 is 0 Å². The minimum absolute atomic E-state index is 0.0162. The van der Waals surface area contributed by atoms with Crippen molar-refractivity contribution in [3.8, 4) is 11.5 Å². The third-order valence-electron chi connectivity index (χ3n) is 5.15. The molecule has 1 fully saturated rings. The van der Waals surface area contributed by atoms with Crippen molar-refractivity contribution < 1.29 is 28.3 Å². The van der Waals surface area contributed by atoms with Crippen molar-refractivity contribution in [2.24, 2.45) is 5.89 Å². The number of hydrogen-bond acceptors (Lipinski definition) is 4. The molecule has 0 radical (unpaired) electrons. The van der Waals surface area contributed by atoms with Gasteiger partial charge in [0.05, 0.1) is 11.2 Å². The Balaban J connectivity index is 1.88. The lowest BCUT2D eigenvalue weighted by Gasteiger charge is -2.56. The summed E-state index contributed by atoms with van der Waals surface area (Å²) in [5, 5.41) is 4.82. The molecule has 4 heteroatoms. The number of nitrogens with zero attached hydrogens (tertiary/aromatic N) is 1. The Morgan fingerprint density at radius 1 is 1.59 bits per heavy atom. The molecular formula is C18H21NO3. The molecule has 1 saturated heterocycles. The Morgan fingerprint density at radius 3 is 3.45 bits per heavy atom. The van der Waals surface area contributed by atoms with Crippen molar-refractivity contribution in [2.75, 3.05) is 20.6 Å². The van der Waals surface area contributed by atoms with Crippen LogP contribution in [0.5, 0.6) is 11.5 Å². The molecule has 2 bridgehead atoms. The molecule has 2 aliphatic carbocycles. The number of ether oxygens (including phenoxy) is 2. The Hall–Kier alpha value is -1.52. The van der Waals surface area contributed by atoms with E-state index in [-0.39, 0.29) is 35.6 Å². The Labute approximate surface area is 145 Å². The molecule has 2 heterocycles. The predicted molar refractivity (Wildman–Crippen MR) is 82.5 cm³/mol. The van der Waals surface area contributed by atoms with Crippen molar-refractivity contribution in [1.29, 1.82) is 1.43 Å². The first-order valence-corrected chi connectivity index (χ1v) is 7.19. The van der Waals surface area contributed by atoms with Gasteiger partial charge < -0.3 is 19.5 Å². The SMILES string of the molecule is [2H]OC1C=C[C@]2([2H])[C@@]34CCN(C([2H])([2H])[2H])[C@]2([2H])C([2H])([2H])c2ccc(OC([2H])([2H])[2H])c(c23)OC14. The Kier molecular flexibility index (Phi) is 1.14. The highest BCUT2D eigenvalue weighted by Gasteiger charge is 2.64. The standard InChI is InChI=1S/C18H21NO3/c1-19-8-7-18-11-4-5-13(20)17(18)22-16-14(21-2)6-3-10(15(16)18)9-12(11)19/h3-6,11-13,17,20H,7-9H2,1-2H3/t11-,12+,13?,17?,18-/m0/s1/i1D3,2D3,9D2,11D,12D,20D. The minimum atomic E-state index is -2.86. The summed E-state index contributed by atoms with van der Waals surface area (Å²) in [6, 6.07) is -0.115. The summed E-state index contributed by atoms with van der Waals surface area (Å²) in [4.78, 5) is 0.745. The summed E-state index contributed by atoms with van der Waals surface area (Å²) in [6.45, 7) is -3.11. The quantitative estimate of drug-likeness (QED) is 0.841. The third kappa shape index (κ3) is 1.28. The van der Waals surface area contributed by atoms with E-state index in [4.69, 9.17) is 27.0 Å². The second-order valence-electron chi connectivity index (χ2n) is 6.04. The molecule has 1 spiro atoms. The zero-order chi connectivity index (χ0) is 24.4. The van der Waals surface area contributed by atoms with Crippen LogP contribution in [0.4, 0.5) is 0 Å². The van der Waals surface area contributed by atoms with Crippen molar-refractivity contribution in [3.05, 3.63) is 35.4 Å². The maximum absolute atomic E-state index is 9.50. The fraction of sp³-hybridized carbons (Fsp3) is 0.556. The molecule has 0 saturated carbocycles. The van der Waals surface area contributed by atoms with E-state index in [9.17, 15) is 2.74 Å². The van der Waals surface area contributed by atoms with Gasteiger partial charge in [0.1, 0.15) is 12.2 Å². The maximum Gasteiger partial charge on any atom is 0.211 e. The molecule has 5 atom stereocenters. The van der Waals surface area contributed by atoms with Gasteiger partial charge in [-0.1, -0.05) is 18.2 Å². The van der Waals surface area contributed by atoms with Crippen LogP contribution in [-0.2, 0) is 11.8 Å². The van der Waals surface area contributed by atoms with Gasteiger partial charge in [-0.15, -0.1) is 0 Å². The first-order chi connectivity index (χ1) is 15.1. The van der Waals surface area contributed by atoms with E-state index in [1.165, 1.54) is 24.3 Å². The maximum atomic E-state index is 9.50. The third-order valence-corrected chi connectivity index (χ3v) is 5.15. The molecule has 2 unspecified atom stereocenters. The van der Waals surface area contributed by atoms with Gasteiger partial charge in [-0.2, -0.15) is 0 Å². The van der Waals surface area contributed by atoms with Crippen LogP contribution in [0.25, 0.3) is 0 Å². The van der Waals surface area contributed by atoms with Crippen LogP contribution >= 0.6 is 0 Å². The molecule has 1 aromatic carbocycles. The van der Waals surface area contributed by atoms with Gasteiger partial charge in [0, 0.05) is 32.5 Å². The normalized spacial score (nSPS) is 58.5. The fourth-order valence-corrected chi connectivity index (χ4v) is 4.25. The fourth-order valence-electron chi connectivity index (χ4n) is 4.25. The lowest BCUT2D eigenvalue weighted by Crippen LogP contribution is -2.64. The van der Waals surface area contributed by atoms with Crippen LogP contribution in [0.15, 0.2) is 24.3 Å². The summed E-state index contributed by atoms with van der Waals surface area (Å²) in [6.07, 6.45) is -2.25. The van der Waals surface area contributed by atoms with Crippen LogP contribution in [-0.4, -0.2) is 50.2 Å². The Bertz CT molecular complexity index is 1060. The van der Waals surface area contributed by atoms with E-state index in [1.54, 1.807) is 0 Å². The van der Waals surface area contributed by atoms with Crippen LogP contribution in [0, 0.1) is 5.89 Å². The highest BCUT2D eigenvalue weighted by Crippen LogP contribution is 2.62. The number of aliphatic hydroxyl groups excluding tert-OH is 1. The van der Waals surface area contributed by atoms with Crippen molar-refractivity contribution in [1.82, 2.24) is 4.90 Å². The molecule has 2 aliphatic heterocycles. The van der Waals surface area contributed by atoms with E-state index in [0.29, 0.717) is 0 Å². The average molecular weight is 310 g/mol. The zero-order valence-electron chi connectivity index (χ0n) is 22.6. The number of piperidine rings is 1. The molecule has 0 aromatic heterocycles. The minimum Gasteiger partial charge on any atom is -0.493 e. The largest absolute Gasteiger partial charge is 0.493 e. The molecule has 4 nitrogen and oxygen atoms in total. The monoisotopic (exact) mass is 310 g/mol. The lowest BCUT2D eigenvalue weighted by atomic mass is 9.53. The molecule has 1 N–H and O–H groups in total. The van der Waals surface area contributed by atoms with Crippen LogP contribution in [0.1, 0.15) is 31.3 Å². The summed E-state index contributed by atoms with van der Waals surface area (Å²) < 4.78 is 102. The number of likely N-dealkylation sites (N-methyl/N-ethyl adjacent to an activating group) is 1. The summed E-state index contributed by atoms with van der Waals surface area (Å²) in [7, 11) is -2.83. The molecule has 0 amide bonds. The van der Waals surface area contributed by atoms with Gasteiger partial charge in [0.15, 0.2) is 11.5 Å². The molecule has 1 aromatic rings. The number of likely N-dealkylation sites (tertiary alicyclic amines) is 1. The highest BCUT2D eigenvalue weighted by molar-refractivity contribution is 5.62. The van der Waals surface area contributed by atoms with Crippen molar-refractivity contribution in [3.63, 3.8) is 0 Å². The second kappa shape index (κ2) is 4.06. The number of aliphatic hydroxyl groups is 1. The van der Waals surface area contributed by atoms with E-state index >= 15 is 0 Å². The highest BCUT2D eigenvalue weighted by atomic mass is 16.5. The van der Waals surface area contributed by atoms with Gasteiger partial charge in [-0.25, -0.2) is 0 Å². The summed E-state index contributed by atoms with van der Waals surface area (Å²) in [5.41, 5.74) is -1.36.